The van der Waals surface area contributed by atoms with E-state index in [9.17, 15) is 0 Å². The number of aryl methyl sites for hydroxylation is 2. The lowest BCUT2D eigenvalue weighted by Gasteiger charge is -2.22. The van der Waals surface area contributed by atoms with Gasteiger partial charge < -0.3 is 19.4 Å². The Morgan fingerprint density at radius 3 is 2.87 bits per heavy atom. The van der Waals surface area contributed by atoms with Gasteiger partial charge in [-0.05, 0) is 6.07 Å². The van der Waals surface area contributed by atoms with E-state index in [0.717, 1.165) is 48.6 Å². The summed E-state index contributed by atoms with van der Waals surface area (Å²) in [7, 11) is 5.78. The molecule has 2 aromatic rings. The highest BCUT2D eigenvalue weighted by Crippen LogP contribution is 2.14. The molecule has 2 heterocycles. The van der Waals surface area contributed by atoms with Crippen molar-refractivity contribution in [2.45, 2.75) is 26.4 Å². The van der Waals surface area contributed by atoms with Crippen LogP contribution in [-0.2, 0) is 26.6 Å². The number of halogens is 1. The molecular weight excluding hydrogens is 314 g/mol. The Morgan fingerprint density at radius 2 is 2.26 bits per heavy atom. The Kier molecular flexibility index (Phi) is 6.04. The average molecular weight is 338 g/mol. The monoisotopic (exact) mass is 337 g/mol. The molecule has 0 saturated carbocycles. The molecule has 0 aromatic carbocycles. The van der Waals surface area contributed by atoms with Gasteiger partial charge in [0.05, 0.1) is 11.6 Å². The molecule has 0 atom stereocenters. The van der Waals surface area contributed by atoms with Crippen molar-refractivity contribution >= 4 is 17.6 Å². The van der Waals surface area contributed by atoms with Gasteiger partial charge in [0, 0.05) is 52.5 Å². The number of aromatic nitrogens is 4. The Balaban J connectivity index is 1.88. The minimum Gasteiger partial charge on any atom is -0.354 e. The van der Waals surface area contributed by atoms with Crippen molar-refractivity contribution in [3.63, 3.8) is 0 Å². The van der Waals surface area contributed by atoms with Crippen LogP contribution in [0.15, 0.2) is 23.6 Å². The van der Waals surface area contributed by atoms with Gasteiger partial charge in [0.2, 0.25) is 0 Å². The van der Waals surface area contributed by atoms with Crippen molar-refractivity contribution in [2.75, 3.05) is 20.6 Å². The molecule has 7 nitrogen and oxygen atoms in total. The molecule has 23 heavy (non-hydrogen) atoms. The number of nitrogens with one attached hydrogen (secondary N) is 1. The van der Waals surface area contributed by atoms with E-state index in [1.54, 1.807) is 13.4 Å². The van der Waals surface area contributed by atoms with Crippen LogP contribution in [0.2, 0.25) is 5.02 Å². The number of aliphatic imine (C=N–C) groups is 1. The first-order valence-electron chi connectivity index (χ1n) is 7.64. The van der Waals surface area contributed by atoms with Crippen LogP contribution in [0, 0.1) is 0 Å². The molecule has 0 aliphatic rings. The zero-order valence-corrected chi connectivity index (χ0v) is 14.9. The third-order valence-corrected chi connectivity index (χ3v) is 3.90. The van der Waals surface area contributed by atoms with Crippen LogP contribution in [0.5, 0.6) is 0 Å². The van der Waals surface area contributed by atoms with Crippen molar-refractivity contribution in [1.29, 1.82) is 0 Å². The summed E-state index contributed by atoms with van der Waals surface area (Å²) in [5.74, 6) is 1.84. The molecule has 0 spiro atoms. The summed E-state index contributed by atoms with van der Waals surface area (Å²) in [4.78, 5) is 6.40. The van der Waals surface area contributed by atoms with Crippen molar-refractivity contribution in [3.8, 4) is 0 Å². The van der Waals surface area contributed by atoms with E-state index < -0.39 is 0 Å². The minimum atomic E-state index is 0.732. The Hall–Kier alpha value is -2.02. The molecule has 2 rings (SSSR count). The first-order chi connectivity index (χ1) is 11.0. The summed E-state index contributed by atoms with van der Waals surface area (Å²) in [6.07, 6.45) is 4.54. The van der Waals surface area contributed by atoms with Crippen molar-refractivity contribution in [3.05, 3.63) is 35.1 Å². The molecule has 0 fully saturated rings. The number of nitrogens with zero attached hydrogens (tertiary/aromatic N) is 6. The summed E-state index contributed by atoms with van der Waals surface area (Å²) in [6, 6.07) is 1.97. The summed E-state index contributed by atoms with van der Waals surface area (Å²) in [5, 5.41) is 12.1. The minimum absolute atomic E-state index is 0.732. The van der Waals surface area contributed by atoms with Gasteiger partial charge in [0.25, 0.3) is 0 Å². The highest BCUT2D eigenvalue weighted by Gasteiger charge is 2.10. The van der Waals surface area contributed by atoms with Gasteiger partial charge in [0.1, 0.15) is 12.2 Å². The Bertz CT molecular complexity index is 659. The van der Waals surface area contributed by atoms with Crippen molar-refractivity contribution in [2.24, 2.45) is 12.0 Å². The van der Waals surface area contributed by atoms with Crippen LogP contribution in [0.1, 0.15) is 18.4 Å². The fraction of sp³-hybridized carbons (Fsp3) is 0.533. The second-order valence-corrected chi connectivity index (χ2v) is 5.82. The topological polar surface area (TPSA) is 63.3 Å². The predicted molar refractivity (Wildman–Crippen MR) is 92.7 cm³/mol. The predicted octanol–water partition coefficient (Wildman–Crippen LogP) is 1.54. The van der Waals surface area contributed by atoms with Crippen LogP contribution >= 0.6 is 11.6 Å². The summed E-state index contributed by atoms with van der Waals surface area (Å²) in [6.45, 7) is 4.37. The molecule has 2 aromatic heterocycles. The number of hydrogen-bond donors (Lipinski definition) is 1. The summed E-state index contributed by atoms with van der Waals surface area (Å²) in [5.41, 5.74) is 1.13. The van der Waals surface area contributed by atoms with E-state index in [1.807, 2.05) is 30.9 Å². The van der Waals surface area contributed by atoms with E-state index in [1.165, 1.54) is 0 Å². The molecule has 0 radical (unpaired) electrons. The summed E-state index contributed by atoms with van der Waals surface area (Å²) >= 11 is 6.03. The smallest absolute Gasteiger partial charge is 0.193 e. The average Bonchev–Trinajstić information content (AvgIpc) is 3.09. The largest absolute Gasteiger partial charge is 0.354 e. The van der Waals surface area contributed by atoms with E-state index in [4.69, 9.17) is 11.6 Å². The Labute approximate surface area is 142 Å². The standard InChI is InChI=1S/C15H24ClN7/c1-5-14-20-19-11-23(14)7-6-18-15(17-2)22(4)10-13-8-12(16)9-21(13)3/h8-9,11H,5-7,10H2,1-4H3,(H,17,18). The molecule has 0 bridgehead atoms. The van der Waals surface area contributed by atoms with Crippen LogP contribution in [0.25, 0.3) is 0 Å². The number of rotatable bonds is 6. The van der Waals surface area contributed by atoms with Crippen molar-refractivity contribution in [1.82, 2.24) is 29.5 Å². The van der Waals surface area contributed by atoms with Gasteiger partial charge in [-0.1, -0.05) is 18.5 Å². The van der Waals surface area contributed by atoms with E-state index in [2.05, 4.69) is 36.9 Å². The molecule has 0 aliphatic heterocycles. The third kappa shape index (κ3) is 4.48. The van der Waals surface area contributed by atoms with Crippen LogP contribution in [-0.4, -0.2) is 50.8 Å². The van der Waals surface area contributed by atoms with E-state index in [0.29, 0.717) is 0 Å². The van der Waals surface area contributed by atoms with Crippen molar-refractivity contribution < 1.29 is 0 Å². The SMILES string of the molecule is CCc1nncn1CCNC(=NC)N(C)Cc1cc(Cl)cn1C. The molecule has 1 N–H and O–H groups in total. The highest BCUT2D eigenvalue weighted by atomic mass is 35.5. The van der Waals surface area contributed by atoms with Gasteiger partial charge >= 0.3 is 0 Å². The quantitative estimate of drug-likeness (QED) is 0.641. The second kappa shape index (κ2) is 8.01. The maximum atomic E-state index is 6.03. The maximum absolute atomic E-state index is 6.03. The lowest BCUT2D eigenvalue weighted by molar-refractivity contribution is 0.458. The van der Waals surface area contributed by atoms with Gasteiger partial charge in [-0.3, -0.25) is 4.99 Å². The highest BCUT2D eigenvalue weighted by molar-refractivity contribution is 6.30. The summed E-state index contributed by atoms with van der Waals surface area (Å²) < 4.78 is 4.08. The van der Waals surface area contributed by atoms with E-state index >= 15 is 0 Å². The second-order valence-electron chi connectivity index (χ2n) is 5.38. The van der Waals surface area contributed by atoms with Gasteiger partial charge in [-0.2, -0.15) is 0 Å². The first kappa shape index (κ1) is 17.3. The maximum Gasteiger partial charge on any atom is 0.193 e. The Morgan fingerprint density at radius 1 is 1.48 bits per heavy atom. The molecule has 126 valence electrons. The molecule has 0 saturated heterocycles. The lowest BCUT2D eigenvalue weighted by atomic mass is 10.4. The first-order valence-corrected chi connectivity index (χ1v) is 8.02. The molecule has 0 aliphatic carbocycles. The van der Waals surface area contributed by atoms with Crippen LogP contribution in [0.4, 0.5) is 0 Å². The van der Waals surface area contributed by atoms with Crippen LogP contribution in [0.3, 0.4) is 0 Å². The number of hydrogen-bond acceptors (Lipinski definition) is 3. The third-order valence-electron chi connectivity index (χ3n) is 3.69. The lowest BCUT2D eigenvalue weighted by Crippen LogP contribution is -2.40. The van der Waals surface area contributed by atoms with Gasteiger partial charge in [-0.25, -0.2) is 0 Å². The zero-order valence-electron chi connectivity index (χ0n) is 14.1. The van der Waals surface area contributed by atoms with Crippen LogP contribution < -0.4 is 5.32 Å². The van der Waals surface area contributed by atoms with E-state index in [-0.39, 0.29) is 0 Å². The fourth-order valence-electron chi connectivity index (χ4n) is 2.45. The van der Waals surface area contributed by atoms with Gasteiger partial charge in [-0.15, -0.1) is 10.2 Å². The fourth-order valence-corrected chi connectivity index (χ4v) is 2.73. The number of guanidine groups is 1. The molecule has 8 heteroatoms. The molecule has 0 unspecified atom stereocenters. The van der Waals surface area contributed by atoms with Gasteiger partial charge in [0.15, 0.2) is 5.96 Å². The normalized spacial score (nSPS) is 11.8. The molecule has 0 amide bonds. The molecular formula is C15H24ClN7. The zero-order chi connectivity index (χ0) is 16.8.